The molecular weight excluding hydrogens is 831 g/mol. The van der Waals surface area contributed by atoms with Crippen molar-refractivity contribution >= 4 is 35.6 Å². The highest BCUT2D eigenvalue weighted by molar-refractivity contribution is 6.42. The summed E-state index contributed by atoms with van der Waals surface area (Å²) in [5.74, 6) is 4.09. The maximum absolute atomic E-state index is 14.0. The predicted octanol–water partition coefficient (Wildman–Crippen LogP) is 9.28. The summed E-state index contributed by atoms with van der Waals surface area (Å²) < 4.78 is 30.3. The molecule has 8 rings (SSSR count). The second-order valence-electron chi connectivity index (χ2n) is 14.8. The summed E-state index contributed by atoms with van der Waals surface area (Å²) >= 11 is 12.2. The quantitative estimate of drug-likeness (QED) is 0.107. The van der Waals surface area contributed by atoms with Gasteiger partial charge in [-0.15, -0.1) is 0 Å². The molecule has 0 saturated carbocycles. The van der Waals surface area contributed by atoms with Gasteiger partial charge in [-0.05, 0) is 115 Å². The standard InChI is InChI=1S/C47H44Cl2N4O6.CH2O2/c1-29-30(2)50-20-18-42(29)58-38-12-7-31(8-13-38)17-19-51-47(54)41-22-34-23-43-44(24-35(34)25-53(41)26-36-5-4-6-46(52-36)55-3)59-45(28-57-43)33-10-14-37(15-11-33)56-27-32-9-16-39(48)40(49)21-32;2-1-3/h4-16,18,20-21,23-24,41,45H,17,19,22,25-28H2,1-3H3,(H,51,54);1H,(H,2,3). The SMILES string of the molecule is COc1cccc(CN2Cc3cc4c(cc3CC2C(=O)NCCc2ccc(Oc3ccnc(C)c3C)cc2)OCC(c2ccc(OCc3ccc(Cl)c(Cl)c3)cc2)O4)n1.O=CO. The number of halogens is 2. The van der Waals surface area contributed by atoms with E-state index in [4.69, 9.17) is 56.8 Å². The summed E-state index contributed by atoms with van der Waals surface area (Å²) in [5.41, 5.74) is 7.88. The summed E-state index contributed by atoms with van der Waals surface area (Å²) in [4.78, 5) is 33.5. The van der Waals surface area contributed by atoms with Crippen LogP contribution < -0.4 is 29.0 Å². The summed E-state index contributed by atoms with van der Waals surface area (Å²) in [6.45, 7) is 5.91. The highest BCUT2D eigenvalue weighted by Gasteiger charge is 2.34. The first kappa shape index (κ1) is 43.7. The lowest BCUT2D eigenvalue weighted by molar-refractivity contribution is -0.127. The van der Waals surface area contributed by atoms with Crippen molar-refractivity contribution in [2.75, 3.05) is 20.3 Å². The third-order valence-corrected chi connectivity index (χ3v) is 11.5. The maximum atomic E-state index is 14.0. The number of nitrogens with zero attached hydrogens (tertiary/aromatic N) is 3. The molecule has 0 fully saturated rings. The molecule has 0 bridgehead atoms. The molecule has 2 atom stereocenters. The number of aromatic nitrogens is 2. The number of fused-ring (bicyclic) bond motifs is 2. The van der Waals surface area contributed by atoms with E-state index in [1.165, 1.54) is 0 Å². The Morgan fingerprint density at radius 1 is 0.919 bits per heavy atom. The normalized spacial score (nSPS) is 15.3. The largest absolute Gasteiger partial charge is 0.489 e. The number of rotatable bonds is 13. The molecule has 6 aromatic rings. The number of hydrogen-bond acceptors (Lipinski definition) is 10. The van der Waals surface area contributed by atoms with Gasteiger partial charge in [-0.3, -0.25) is 19.5 Å². The number of carbonyl (C=O) groups is 2. The van der Waals surface area contributed by atoms with Crippen LogP contribution >= 0.6 is 23.2 Å². The summed E-state index contributed by atoms with van der Waals surface area (Å²) in [6, 6.07) is 32.5. The number of benzene rings is 4. The average molecular weight is 878 g/mol. The van der Waals surface area contributed by atoms with Crippen molar-refractivity contribution in [1.82, 2.24) is 20.2 Å². The van der Waals surface area contributed by atoms with Crippen molar-refractivity contribution in [2.24, 2.45) is 0 Å². The first-order valence-electron chi connectivity index (χ1n) is 20.0. The third-order valence-electron chi connectivity index (χ3n) is 10.7. The molecule has 0 aliphatic carbocycles. The summed E-state index contributed by atoms with van der Waals surface area (Å²) in [6.07, 6.45) is 2.63. The van der Waals surface area contributed by atoms with Crippen LogP contribution in [-0.4, -0.2) is 58.7 Å². The van der Waals surface area contributed by atoms with Gasteiger partial charge in [-0.1, -0.05) is 59.6 Å². The van der Waals surface area contributed by atoms with Gasteiger partial charge >= 0.3 is 0 Å². The van der Waals surface area contributed by atoms with Crippen LogP contribution in [0.25, 0.3) is 0 Å². The average Bonchev–Trinajstić information content (AvgIpc) is 3.28. The van der Waals surface area contributed by atoms with Crippen molar-refractivity contribution in [3.8, 4) is 34.6 Å². The molecule has 0 spiro atoms. The van der Waals surface area contributed by atoms with Crippen LogP contribution in [0, 0.1) is 13.8 Å². The Balaban J connectivity index is 0.00000187. The zero-order valence-corrected chi connectivity index (χ0v) is 36.0. The van der Waals surface area contributed by atoms with Crippen molar-refractivity contribution in [3.63, 3.8) is 0 Å². The molecule has 1 amide bonds. The first-order chi connectivity index (χ1) is 30.1. The molecule has 4 aromatic carbocycles. The van der Waals surface area contributed by atoms with E-state index in [1.807, 2.05) is 98.8 Å². The lowest BCUT2D eigenvalue weighted by Crippen LogP contribution is -2.50. The van der Waals surface area contributed by atoms with Gasteiger partial charge in [0.15, 0.2) is 17.6 Å². The fraction of sp³-hybridized carbons (Fsp3) is 0.250. The lowest BCUT2D eigenvalue weighted by Gasteiger charge is -2.37. The molecular formula is C48H46Cl2N4O8. The molecule has 2 aliphatic rings. The van der Waals surface area contributed by atoms with Crippen LogP contribution in [0.5, 0.6) is 34.6 Å². The fourth-order valence-corrected chi connectivity index (χ4v) is 7.58. The number of amides is 1. The molecule has 0 radical (unpaired) electrons. The molecule has 4 heterocycles. The van der Waals surface area contributed by atoms with Crippen LogP contribution in [0.4, 0.5) is 0 Å². The number of hydrogen-bond donors (Lipinski definition) is 2. The molecule has 14 heteroatoms. The molecule has 0 saturated heterocycles. The Kier molecular flexibility index (Phi) is 14.4. The van der Waals surface area contributed by atoms with E-state index in [1.54, 1.807) is 25.4 Å². The minimum atomic E-state index is -0.425. The number of ether oxygens (including phenoxy) is 5. The van der Waals surface area contributed by atoms with Crippen molar-refractivity contribution in [2.45, 2.75) is 58.5 Å². The number of nitrogens with one attached hydrogen (secondary N) is 1. The zero-order chi connectivity index (χ0) is 43.6. The van der Waals surface area contributed by atoms with Crippen molar-refractivity contribution < 1.29 is 38.4 Å². The van der Waals surface area contributed by atoms with E-state index in [-0.39, 0.29) is 18.5 Å². The van der Waals surface area contributed by atoms with Crippen LogP contribution in [0.2, 0.25) is 10.0 Å². The maximum Gasteiger partial charge on any atom is 0.290 e. The number of carbonyl (C=O) groups excluding carboxylic acids is 1. The molecule has 2 aliphatic heterocycles. The van der Waals surface area contributed by atoms with E-state index >= 15 is 0 Å². The Hall–Kier alpha value is -6.34. The summed E-state index contributed by atoms with van der Waals surface area (Å²) in [7, 11) is 1.60. The van der Waals surface area contributed by atoms with E-state index in [9.17, 15) is 4.79 Å². The van der Waals surface area contributed by atoms with Crippen molar-refractivity contribution in [3.05, 3.63) is 164 Å². The molecule has 62 heavy (non-hydrogen) atoms. The van der Waals surface area contributed by atoms with Gasteiger partial charge in [-0.2, -0.15) is 0 Å². The Labute approximate surface area is 370 Å². The third kappa shape index (κ3) is 10.9. The number of pyridine rings is 2. The summed E-state index contributed by atoms with van der Waals surface area (Å²) in [5, 5.41) is 11.1. The minimum absolute atomic E-state index is 0.0404. The molecule has 2 N–H and O–H groups in total. The van der Waals surface area contributed by atoms with E-state index in [2.05, 4.69) is 26.3 Å². The zero-order valence-electron chi connectivity index (χ0n) is 34.5. The highest BCUT2D eigenvalue weighted by Crippen LogP contribution is 2.41. The van der Waals surface area contributed by atoms with E-state index in [0.29, 0.717) is 73.1 Å². The number of carboxylic acid groups (broad SMARTS) is 1. The second kappa shape index (κ2) is 20.5. The fourth-order valence-electron chi connectivity index (χ4n) is 7.26. The van der Waals surface area contributed by atoms with Gasteiger partial charge in [-0.25, -0.2) is 4.98 Å². The minimum Gasteiger partial charge on any atom is -0.489 e. The predicted molar refractivity (Wildman–Crippen MR) is 236 cm³/mol. The number of methoxy groups -OCH3 is 1. The smallest absolute Gasteiger partial charge is 0.290 e. The van der Waals surface area contributed by atoms with E-state index < -0.39 is 6.04 Å². The first-order valence-corrected chi connectivity index (χ1v) is 20.8. The Morgan fingerprint density at radius 2 is 1.66 bits per heavy atom. The van der Waals surface area contributed by atoms with Crippen LogP contribution in [0.3, 0.4) is 0 Å². The van der Waals surface area contributed by atoms with Gasteiger partial charge in [0.2, 0.25) is 11.8 Å². The molecule has 2 aromatic heterocycles. The molecule has 12 nitrogen and oxygen atoms in total. The Bertz CT molecular complexity index is 2500. The van der Waals surface area contributed by atoms with Gasteiger partial charge in [0.25, 0.3) is 6.47 Å². The molecule has 2 unspecified atom stereocenters. The van der Waals surface area contributed by atoms with Gasteiger partial charge < -0.3 is 34.1 Å². The van der Waals surface area contributed by atoms with Crippen LogP contribution in [0.15, 0.2) is 109 Å². The highest BCUT2D eigenvalue weighted by atomic mass is 35.5. The van der Waals surface area contributed by atoms with Gasteiger partial charge in [0.05, 0.1) is 28.9 Å². The van der Waals surface area contributed by atoms with Gasteiger partial charge in [0.1, 0.15) is 30.5 Å². The topological polar surface area (TPSA) is 142 Å². The second-order valence-corrected chi connectivity index (χ2v) is 15.6. The number of aryl methyl sites for hydroxylation is 1. The van der Waals surface area contributed by atoms with Crippen molar-refractivity contribution in [1.29, 1.82) is 0 Å². The van der Waals surface area contributed by atoms with E-state index in [0.717, 1.165) is 62.0 Å². The van der Waals surface area contributed by atoms with Crippen LogP contribution in [-0.2, 0) is 42.1 Å². The lowest BCUT2D eigenvalue weighted by atomic mass is 9.92. The molecule has 320 valence electrons. The van der Waals surface area contributed by atoms with Crippen LogP contribution in [0.1, 0.15) is 50.9 Å². The van der Waals surface area contributed by atoms with Gasteiger partial charge in [0, 0.05) is 43.2 Å². The monoisotopic (exact) mass is 876 g/mol. The Morgan fingerprint density at radius 3 is 2.42 bits per heavy atom.